The van der Waals surface area contributed by atoms with Crippen LogP contribution < -0.4 is 62.8 Å². The summed E-state index contributed by atoms with van der Waals surface area (Å²) >= 11 is 0. The number of nitrogens with zero attached hydrogens (tertiary/aromatic N) is 6. The van der Waals surface area contributed by atoms with Crippen LogP contribution in [-0.2, 0) is 173 Å². The number of sulfonamides is 6. The van der Waals surface area contributed by atoms with Gasteiger partial charge in [-0.15, -0.1) is 26.4 Å². The van der Waals surface area contributed by atoms with Crippen molar-refractivity contribution in [2.24, 2.45) is 60.8 Å². The standard InChI is InChI=1S/C21H28N2O7S.C14H20N2O6S2.C13H18N2O6S2.C13H18N2O5S2.C13H18N2O4S2.C12H16N2O5S2/c1-20(2)9-8-13(28-20)15-16(17-19(27-15)30-21(3,4)29-17)26-12-7-5-6-11-10-31(24,25)23-18(22)14(11)12;1-23(17,18)22-9-4-2-3-8-21-12-7-5-6-11-10-24(19,20)16-14(15)13(11)12;1-22(16,17)21-8-3-2-7-20-11-6-4-5-10-9-23(18,19)15-13(14)12(10)11;1-21(16,17)8-3-2-7-20-11-6-4-5-10-9-22(18,19)15-13(14)12(10)11;1-20(16)8-3-2-7-19-11-6-4-5-10-9-21(17,18)15-13(14)12(10)11;1-20(15,16)7-3-6-19-10-5-2-4-9-8-21(17,18)14-12(13)11(9)10/h5-7,13,15-17,19H,8-10H2,1-4H3,(H2,22,23);5-7H,2-4,8-10H2,1H3,(H2,15,16);4-6H,2-3,7-9H2,1H3,(H2,14,15);4-6H,2-3,7-9H2,1H3,(H2,14,15);4-6H,2-3,7-9H2,1H3,(H2,14,15);2,4-5H,3,6-8H2,1H3,(H2,13,14)/t13-,15?,16+,17-,19?;;;;;/m1...../s1. The molecule has 9 aliphatic heterocycles. The van der Waals surface area contributed by atoms with Crippen molar-refractivity contribution < 1.29 is 144 Å². The molecule has 15 rings (SSSR count). The smallest absolute Gasteiger partial charge is 0.264 e. The van der Waals surface area contributed by atoms with Crippen LogP contribution in [0.3, 0.4) is 0 Å². The minimum absolute atomic E-state index is 0.0264. The van der Waals surface area contributed by atoms with Gasteiger partial charge in [-0.2, -0.15) is 16.8 Å². The van der Waals surface area contributed by atoms with Gasteiger partial charge in [-0.05, 0) is 175 Å². The van der Waals surface area contributed by atoms with Crippen LogP contribution in [0.4, 0.5) is 0 Å². The second-order valence-corrected chi connectivity index (χ2v) is 54.1. The Labute approximate surface area is 831 Å². The predicted molar refractivity (Wildman–Crippen MR) is 534 cm³/mol. The van der Waals surface area contributed by atoms with E-state index in [2.05, 4.69) is 48.6 Å². The zero-order chi connectivity index (χ0) is 105. The zero-order valence-electron chi connectivity index (χ0n) is 79.2. The first kappa shape index (κ1) is 114. The van der Waals surface area contributed by atoms with Gasteiger partial charge in [0.15, 0.2) is 24.3 Å². The zero-order valence-corrected chi connectivity index (χ0v) is 88.2. The van der Waals surface area contributed by atoms with E-state index in [1.165, 1.54) is 6.26 Å². The van der Waals surface area contributed by atoms with E-state index in [4.69, 9.17) is 81.8 Å². The first-order valence-electron chi connectivity index (χ1n) is 44.1. The summed E-state index contributed by atoms with van der Waals surface area (Å²) in [7, 11) is -35.1. The van der Waals surface area contributed by atoms with Crippen molar-refractivity contribution in [1.29, 1.82) is 0 Å². The molecule has 6 aromatic rings. The van der Waals surface area contributed by atoms with E-state index in [1.807, 2.05) is 13.8 Å². The third-order valence-electron chi connectivity index (χ3n) is 21.4. The van der Waals surface area contributed by atoms with Gasteiger partial charge in [-0.25, -0.2) is 67.3 Å². The molecule has 0 aliphatic carbocycles. The summed E-state index contributed by atoms with van der Waals surface area (Å²) in [4.78, 5) is 0. The molecular weight excluding hydrogens is 2080 g/mol. The maximum absolute atomic E-state index is 12.0. The number of amidine groups is 6. The average molecular weight is 2200 g/mol. The van der Waals surface area contributed by atoms with Crippen molar-refractivity contribution in [1.82, 2.24) is 0 Å². The second kappa shape index (κ2) is 47.7. The van der Waals surface area contributed by atoms with Crippen molar-refractivity contribution in [2.45, 2.75) is 181 Å². The summed E-state index contributed by atoms with van der Waals surface area (Å²) in [5.74, 6) is 1.20. The van der Waals surface area contributed by atoms with Crippen LogP contribution >= 0.6 is 0 Å². The molecule has 45 nitrogen and oxygen atoms in total. The second-order valence-electron chi connectivity index (χ2n) is 34.9. The molecule has 3 unspecified atom stereocenters. The van der Waals surface area contributed by atoms with Crippen LogP contribution in [0.2, 0.25) is 0 Å². The molecule has 9 heterocycles. The molecule has 6 atom stereocenters. The van der Waals surface area contributed by atoms with E-state index in [0.29, 0.717) is 178 Å². The number of sulfone groups is 2. The fourth-order valence-corrected chi connectivity index (χ4v) is 25.0. The molecule has 12 N–H and O–H groups in total. The van der Waals surface area contributed by atoms with Gasteiger partial charge in [0.05, 0.1) is 150 Å². The Morgan fingerprint density at radius 1 is 0.359 bits per heavy atom. The number of benzene rings is 6. The molecule has 0 radical (unpaired) electrons. The first-order chi connectivity index (χ1) is 66.0. The number of unbranched alkanes of at least 4 members (excludes halogenated alkanes) is 5. The highest BCUT2D eigenvalue weighted by Crippen LogP contribution is 2.46. The Bertz CT molecular complexity index is 7110. The maximum atomic E-state index is 12.0. The molecule has 0 amide bonds. The summed E-state index contributed by atoms with van der Waals surface area (Å²) in [6.07, 6.45) is 11.8. The van der Waals surface area contributed by atoms with Crippen LogP contribution in [0.25, 0.3) is 0 Å². The lowest BCUT2D eigenvalue weighted by Crippen LogP contribution is -2.45. The van der Waals surface area contributed by atoms with Crippen LogP contribution in [0, 0.1) is 0 Å². The fraction of sp³-hybridized carbons (Fsp3) is 0.512. The summed E-state index contributed by atoms with van der Waals surface area (Å²) in [5.41, 5.74) is 40.8. The van der Waals surface area contributed by atoms with Gasteiger partial charge in [0.2, 0.25) is 0 Å². The van der Waals surface area contributed by atoms with Gasteiger partial charge in [-0.3, -0.25) is 12.6 Å². The van der Waals surface area contributed by atoms with Crippen LogP contribution in [0.5, 0.6) is 34.5 Å². The lowest BCUT2D eigenvalue weighted by molar-refractivity contribution is -0.228. The Balaban J connectivity index is 0.000000176. The molecule has 56 heteroatoms. The minimum Gasteiger partial charge on any atom is -0.493 e. The molecule has 9 aliphatic rings. The predicted octanol–water partition coefficient (Wildman–Crippen LogP) is 4.21. The third-order valence-corrected chi connectivity index (χ3v) is 32.4. The Morgan fingerprint density at radius 2 is 0.634 bits per heavy atom. The molecule has 0 spiro atoms. The van der Waals surface area contributed by atoms with Crippen molar-refractivity contribution in [3.8, 4) is 34.5 Å². The number of ether oxygens (including phenoxy) is 10. The minimum atomic E-state index is -3.64. The lowest BCUT2D eigenvalue weighted by atomic mass is 10.0. The SMILES string of the molecule is CC1(C)CC[C@H](C2OC3OC(C)(C)O[C@@H]3[C@H]2Oc2cccc3c2C(N)=NS(=O)(=O)C3)O1.CS(=O)(=O)CCCCOc1cccc2c1C(N)=NS(=O)(=O)C2.CS(=O)(=O)CCCOc1cccc2c1C(N)=NS(=O)(=O)C2.CS(=O)(=O)OCCCCCOc1cccc2c1C(N)=NS(=O)(=O)C2.CS(=O)(=O)OCCCCOc1cccc2c1C(N)=NS(=O)(=O)C2.CS(=O)CCCCOc1cccc2c1C(N)=NS(=O)(=O)C2. The number of hydrogen-bond acceptors (Lipinski definition) is 39. The van der Waals surface area contributed by atoms with Crippen molar-refractivity contribution in [3.63, 3.8) is 0 Å². The quantitative estimate of drug-likeness (QED) is 0.0240. The highest BCUT2D eigenvalue weighted by Gasteiger charge is 2.60. The fourth-order valence-electron chi connectivity index (χ4n) is 15.6. The summed E-state index contributed by atoms with van der Waals surface area (Å²) in [6, 6.07) is 30.6. The summed E-state index contributed by atoms with van der Waals surface area (Å²) in [6.45, 7) is 9.72. The van der Waals surface area contributed by atoms with Gasteiger partial charge < -0.3 is 81.8 Å². The van der Waals surface area contributed by atoms with E-state index < -0.39 is 141 Å². The summed E-state index contributed by atoms with van der Waals surface area (Å²) < 4.78 is 328. The number of rotatable bonds is 35. The molecule has 6 aromatic carbocycles. The number of nitrogens with two attached hydrogens (primary N) is 6. The van der Waals surface area contributed by atoms with E-state index in [0.717, 1.165) is 50.9 Å². The molecule has 142 heavy (non-hydrogen) atoms. The van der Waals surface area contributed by atoms with Crippen molar-refractivity contribution in [2.75, 3.05) is 94.8 Å². The Morgan fingerprint density at radius 3 is 0.937 bits per heavy atom. The lowest BCUT2D eigenvalue weighted by Gasteiger charge is -2.31. The normalized spacial score (nSPS) is 21.2. The van der Waals surface area contributed by atoms with Crippen molar-refractivity contribution in [3.05, 3.63) is 176 Å². The van der Waals surface area contributed by atoms with E-state index in [-0.39, 0.29) is 113 Å². The van der Waals surface area contributed by atoms with Crippen LogP contribution in [0.1, 0.15) is 172 Å². The van der Waals surface area contributed by atoms with Gasteiger partial charge in [0.25, 0.3) is 80.4 Å². The van der Waals surface area contributed by atoms with E-state index in [1.54, 1.807) is 115 Å². The van der Waals surface area contributed by atoms with Gasteiger partial charge in [0.1, 0.15) is 95.3 Å². The number of hydrogen-bond donors (Lipinski definition) is 6. The average Bonchev–Trinajstić information content (AvgIpc) is 1.58. The first-order valence-corrected chi connectivity index (χ1v) is 63.2. The Hall–Kier alpha value is -9.65. The molecule has 3 fully saturated rings. The topological polar surface area (TPSA) is 700 Å². The van der Waals surface area contributed by atoms with Crippen LogP contribution in [0.15, 0.2) is 136 Å². The number of fused-ring (bicyclic) bond motifs is 7. The molecular formula is C86H118N12O33S11. The highest BCUT2D eigenvalue weighted by atomic mass is 32.2. The molecule has 786 valence electrons. The molecule has 0 saturated carbocycles. The monoisotopic (exact) mass is 2200 g/mol. The highest BCUT2D eigenvalue weighted by molar-refractivity contribution is 7.92. The maximum Gasteiger partial charge on any atom is 0.264 e. The largest absolute Gasteiger partial charge is 0.493 e. The van der Waals surface area contributed by atoms with Gasteiger partial charge in [0, 0.05) is 35.3 Å². The van der Waals surface area contributed by atoms with E-state index >= 15 is 0 Å². The molecule has 0 aromatic heterocycles. The van der Waals surface area contributed by atoms with Crippen LogP contribution in [-0.4, -0.2) is 260 Å². The summed E-state index contributed by atoms with van der Waals surface area (Å²) in [5, 5.41) is 0. The Kier molecular flexibility index (Phi) is 38.4. The van der Waals surface area contributed by atoms with Crippen molar-refractivity contribution >= 4 is 146 Å². The van der Waals surface area contributed by atoms with Gasteiger partial charge in [-0.1, -0.05) is 72.8 Å². The molecule has 0 bridgehead atoms. The van der Waals surface area contributed by atoms with E-state index in [9.17, 15) is 88.4 Å². The molecule has 3 saturated heterocycles. The van der Waals surface area contributed by atoms with Gasteiger partial charge >= 0.3 is 0 Å². The third kappa shape index (κ3) is 35.1.